The van der Waals surface area contributed by atoms with Crippen molar-refractivity contribution >= 4 is 15.9 Å². The minimum Gasteiger partial charge on any atom is -0.497 e. The van der Waals surface area contributed by atoms with E-state index < -0.39 is 10.0 Å². The first-order valence-corrected chi connectivity index (χ1v) is 9.76. The van der Waals surface area contributed by atoms with Crippen LogP contribution >= 0.6 is 0 Å². The fraction of sp³-hybridized carbons (Fsp3) is 0.316. The van der Waals surface area contributed by atoms with Gasteiger partial charge in [0.25, 0.3) is 10.0 Å². The maximum atomic E-state index is 12.8. The molecule has 0 aromatic heterocycles. The molecule has 0 bridgehead atoms. The average Bonchev–Trinajstić information content (AvgIpc) is 2.87. The lowest BCUT2D eigenvalue weighted by molar-refractivity contribution is -0.126. The molecule has 0 radical (unpaired) electrons. The van der Waals surface area contributed by atoms with E-state index in [2.05, 4.69) is 0 Å². The van der Waals surface area contributed by atoms with Gasteiger partial charge >= 0.3 is 0 Å². The largest absolute Gasteiger partial charge is 0.497 e. The summed E-state index contributed by atoms with van der Waals surface area (Å²) in [5.41, 5.74) is 1.87. The van der Waals surface area contributed by atoms with Gasteiger partial charge in [0, 0.05) is 13.0 Å². The van der Waals surface area contributed by atoms with Crippen LogP contribution in [0.3, 0.4) is 0 Å². The van der Waals surface area contributed by atoms with Crippen LogP contribution < -0.4 is 4.74 Å². The van der Waals surface area contributed by atoms with Gasteiger partial charge in [0.1, 0.15) is 5.75 Å². The third kappa shape index (κ3) is 3.69. The molecule has 1 amide bonds. The molecule has 132 valence electrons. The van der Waals surface area contributed by atoms with E-state index in [1.165, 1.54) is 0 Å². The van der Waals surface area contributed by atoms with Crippen LogP contribution in [0.1, 0.15) is 25.7 Å². The molecule has 0 atom stereocenters. The molecular formula is C19H21NO4S. The predicted molar refractivity (Wildman–Crippen MR) is 95.8 cm³/mol. The molecule has 1 fully saturated rings. The first kappa shape index (κ1) is 17.5. The van der Waals surface area contributed by atoms with Crippen LogP contribution in [0, 0.1) is 0 Å². The van der Waals surface area contributed by atoms with Gasteiger partial charge in [0.15, 0.2) is 0 Å². The second-order valence-corrected chi connectivity index (χ2v) is 7.90. The monoisotopic (exact) mass is 359 g/mol. The van der Waals surface area contributed by atoms with E-state index in [9.17, 15) is 13.2 Å². The summed E-state index contributed by atoms with van der Waals surface area (Å²) in [7, 11) is -2.17. The Labute approximate surface area is 148 Å². The summed E-state index contributed by atoms with van der Waals surface area (Å²) in [5, 5.41) is 0. The van der Waals surface area contributed by atoms with Crippen molar-refractivity contribution in [2.75, 3.05) is 13.7 Å². The molecule has 0 aliphatic carbocycles. The normalized spacial score (nSPS) is 15.7. The second-order valence-electron chi connectivity index (χ2n) is 6.03. The number of sulfonamides is 1. The van der Waals surface area contributed by atoms with E-state index in [1.54, 1.807) is 31.4 Å². The lowest BCUT2D eigenvalue weighted by Crippen LogP contribution is -2.36. The Kier molecular flexibility index (Phi) is 5.08. The number of hydrogen-bond acceptors (Lipinski definition) is 4. The van der Waals surface area contributed by atoms with Gasteiger partial charge in [-0.2, -0.15) is 0 Å². The van der Waals surface area contributed by atoms with E-state index in [0.29, 0.717) is 6.42 Å². The van der Waals surface area contributed by atoms with Crippen LogP contribution in [0.2, 0.25) is 0 Å². The van der Waals surface area contributed by atoms with E-state index in [0.717, 1.165) is 40.4 Å². The summed E-state index contributed by atoms with van der Waals surface area (Å²) < 4.78 is 31.7. The Morgan fingerprint density at radius 2 is 1.48 bits per heavy atom. The summed E-state index contributed by atoms with van der Waals surface area (Å²) in [4.78, 5) is 12.3. The van der Waals surface area contributed by atoms with Crippen molar-refractivity contribution in [1.29, 1.82) is 0 Å². The predicted octanol–water partition coefficient (Wildman–Crippen LogP) is 3.45. The van der Waals surface area contributed by atoms with Crippen molar-refractivity contribution in [2.24, 2.45) is 0 Å². The van der Waals surface area contributed by atoms with Crippen molar-refractivity contribution in [3.8, 4) is 16.9 Å². The second kappa shape index (κ2) is 7.27. The van der Waals surface area contributed by atoms with Crippen molar-refractivity contribution in [1.82, 2.24) is 4.31 Å². The zero-order chi connectivity index (χ0) is 17.9. The molecule has 1 heterocycles. The van der Waals surface area contributed by atoms with E-state index in [1.807, 2.05) is 24.3 Å². The Morgan fingerprint density at radius 1 is 0.880 bits per heavy atom. The highest BCUT2D eigenvalue weighted by Crippen LogP contribution is 2.26. The van der Waals surface area contributed by atoms with Gasteiger partial charge < -0.3 is 4.74 Å². The highest BCUT2D eigenvalue weighted by molar-refractivity contribution is 7.89. The molecule has 0 unspecified atom stereocenters. The van der Waals surface area contributed by atoms with Crippen molar-refractivity contribution in [3.63, 3.8) is 0 Å². The maximum absolute atomic E-state index is 12.8. The SMILES string of the molecule is COc1ccc(-c2ccc(S(=O)(=O)N3CCCCCC3=O)cc2)cc1. The number of carbonyl (C=O) groups excluding carboxylic acids is 1. The van der Waals surface area contributed by atoms with Gasteiger partial charge in [-0.05, 0) is 48.2 Å². The summed E-state index contributed by atoms with van der Waals surface area (Å²) in [6, 6.07) is 14.2. The number of rotatable bonds is 4. The molecular weight excluding hydrogens is 338 g/mol. The fourth-order valence-corrected chi connectivity index (χ4v) is 4.41. The molecule has 2 aromatic rings. The minimum absolute atomic E-state index is 0.153. The Balaban J connectivity index is 1.86. The molecule has 0 N–H and O–H groups in total. The van der Waals surface area contributed by atoms with E-state index in [-0.39, 0.29) is 17.3 Å². The van der Waals surface area contributed by atoms with Gasteiger partial charge in [-0.15, -0.1) is 0 Å². The van der Waals surface area contributed by atoms with E-state index in [4.69, 9.17) is 4.74 Å². The first-order chi connectivity index (χ1) is 12.0. The topological polar surface area (TPSA) is 63.7 Å². The Hall–Kier alpha value is -2.34. The number of carbonyl (C=O) groups is 1. The van der Waals surface area contributed by atoms with Crippen molar-refractivity contribution < 1.29 is 17.9 Å². The standard InChI is InChI=1S/C19H21NO4S/c1-24-17-10-6-15(7-11-17)16-8-12-18(13-9-16)25(22,23)20-14-4-2-3-5-19(20)21/h6-13H,2-5,14H2,1H3. The molecule has 6 heteroatoms. The summed E-state index contributed by atoms with van der Waals surface area (Å²) in [5.74, 6) is 0.458. The number of nitrogens with zero attached hydrogens (tertiary/aromatic N) is 1. The minimum atomic E-state index is -3.78. The lowest BCUT2D eigenvalue weighted by Gasteiger charge is -2.20. The van der Waals surface area contributed by atoms with Crippen molar-refractivity contribution in [2.45, 2.75) is 30.6 Å². The molecule has 1 aliphatic rings. The smallest absolute Gasteiger partial charge is 0.266 e. The lowest BCUT2D eigenvalue weighted by atomic mass is 10.1. The van der Waals surface area contributed by atoms with Crippen LogP contribution in [0.5, 0.6) is 5.75 Å². The van der Waals surface area contributed by atoms with Crippen LogP contribution in [-0.2, 0) is 14.8 Å². The van der Waals surface area contributed by atoms with Gasteiger partial charge in [-0.3, -0.25) is 4.79 Å². The molecule has 25 heavy (non-hydrogen) atoms. The third-order valence-corrected chi connectivity index (χ3v) is 6.23. The van der Waals surface area contributed by atoms with Crippen LogP contribution in [-0.4, -0.2) is 32.3 Å². The molecule has 2 aromatic carbocycles. The van der Waals surface area contributed by atoms with Crippen molar-refractivity contribution in [3.05, 3.63) is 48.5 Å². The third-order valence-electron chi connectivity index (χ3n) is 4.40. The number of methoxy groups -OCH3 is 1. The number of hydrogen-bond donors (Lipinski definition) is 0. The quantitative estimate of drug-likeness (QED) is 0.839. The number of benzene rings is 2. The summed E-state index contributed by atoms with van der Waals surface area (Å²) >= 11 is 0. The zero-order valence-corrected chi connectivity index (χ0v) is 15.0. The molecule has 0 saturated carbocycles. The Bertz CT molecular complexity index is 842. The van der Waals surface area contributed by atoms with Gasteiger partial charge in [0.2, 0.25) is 5.91 Å². The highest BCUT2D eigenvalue weighted by atomic mass is 32.2. The maximum Gasteiger partial charge on any atom is 0.266 e. The van der Waals surface area contributed by atoms with Gasteiger partial charge in [-0.25, -0.2) is 12.7 Å². The molecule has 0 spiro atoms. The molecule has 5 nitrogen and oxygen atoms in total. The van der Waals surface area contributed by atoms with Crippen LogP contribution in [0.25, 0.3) is 11.1 Å². The van der Waals surface area contributed by atoms with Gasteiger partial charge in [0.05, 0.1) is 12.0 Å². The fourth-order valence-electron chi connectivity index (χ4n) is 2.94. The first-order valence-electron chi connectivity index (χ1n) is 8.32. The highest BCUT2D eigenvalue weighted by Gasteiger charge is 2.29. The van der Waals surface area contributed by atoms with Crippen LogP contribution in [0.15, 0.2) is 53.4 Å². The van der Waals surface area contributed by atoms with Crippen LogP contribution in [0.4, 0.5) is 0 Å². The number of ether oxygens (including phenoxy) is 1. The molecule has 3 rings (SSSR count). The van der Waals surface area contributed by atoms with E-state index >= 15 is 0 Å². The summed E-state index contributed by atoms with van der Waals surface area (Å²) in [6.07, 6.45) is 2.65. The zero-order valence-electron chi connectivity index (χ0n) is 14.1. The Morgan fingerprint density at radius 3 is 2.08 bits per heavy atom. The van der Waals surface area contributed by atoms with Gasteiger partial charge in [-0.1, -0.05) is 30.7 Å². The molecule has 1 saturated heterocycles. The average molecular weight is 359 g/mol. The number of amides is 1. The molecule has 1 aliphatic heterocycles. The summed E-state index contributed by atoms with van der Waals surface area (Å²) in [6.45, 7) is 0.265.